The number of carbonyl (C=O) groups excluding carboxylic acids is 1. The molecule has 0 saturated heterocycles. The molecule has 0 atom stereocenters. The third-order valence-corrected chi connectivity index (χ3v) is 4.23. The SMILES string of the molecule is CCN(CC1CC1)C(=O)NCC(CC)(CC)C(=O)O. The van der Waals surface area contributed by atoms with Gasteiger partial charge in [-0.3, -0.25) is 4.79 Å². The van der Waals surface area contributed by atoms with Gasteiger partial charge in [0.1, 0.15) is 0 Å². The summed E-state index contributed by atoms with van der Waals surface area (Å²) in [5.41, 5.74) is -0.839. The third-order valence-electron chi connectivity index (χ3n) is 4.23. The van der Waals surface area contributed by atoms with Crippen molar-refractivity contribution in [3.63, 3.8) is 0 Å². The quantitative estimate of drug-likeness (QED) is 0.711. The summed E-state index contributed by atoms with van der Waals surface area (Å²) < 4.78 is 0. The van der Waals surface area contributed by atoms with Crippen LogP contribution in [0.4, 0.5) is 4.79 Å². The molecule has 0 heterocycles. The molecule has 2 amide bonds. The van der Waals surface area contributed by atoms with Crippen molar-refractivity contribution in [1.82, 2.24) is 10.2 Å². The average molecular weight is 270 g/mol. The van der Waals surface area contributed by atoms with Gasteiger partial charge in [0.25, 0.3) is 0 Å². The number of amides is 2. The first-order chi connectivity index (χ1) is 8.99. The third kappa shape index (κ3) is 4.11. The molecule has 1 rings (SSSR count). The minimum Gasteiger partial charge on any atom is -0.481 e. The molecule has 0 aromatic carbocycles. The molecule has 0 bridgehead atoms. The van der Waals surface area contributed by atoms with Crippen LogP contribution in [0.25, 0.3) is 0 Å². The normalized spacial score (nSPS) is 15.1. The van der Waals surface area contributed by atoms with Crippen molar-refractivity contribution < 1.29 is 14.7 Å². The molecule has 1 aliphatic carbocycles. The van der Waals surface area contributed by atoms with Crippen LogP contribution in [0.2, 0.25) is 0 Å². The first-order valence-corrected chi connectivity index (χ1v) is 7.25. The number of hydrogen-bond acceptors (Lipinski definition) is 2. The number of carbonyl (C=O) groups is 2. The molecule has 1 saturated carbocycles. The van der Waals surface area contributed by atoms with Gasteiger partial charge in [-0.15, -0.1) is 0 Å². The number of aliphatic carboxylic acids is 1. The first-order valence-electron chi connectivity index (χ1n) is 7.25. The number of carboxylic acids is 1. The maximum atomic E-state index is 12.1. The summed E-state index contributed by atoms with van der Waals surface area (Å²) in [6.45, 7) is 7.32. The number of nitrogens with one attached hydrogen (secondary N) is 1. The van der Waals surface area contributed by atoms with Gasteiger partial charge in [0.05, 0.1) is 5.41 Å². The highest BCUT2D eigenvalue weighted by Crippen LogP contribution is 2.30. The Morgan fingerprint density at radius 2 is 1.84 bits per heavy atom. The van der Waals surface area contributed by atoms with Crippen molar-refractivity contribution >= 4 is 12.0 Å². The van der Waals surface area contributed by atoms with E-state index in [9.17, 15) is 14.7 Å². The Balaban J connectivity index is 2.52. The van der Waals surface area contributed by atoms with E-state index in [2.05, 4.69) is 5.32 Å². The highest BCUT2D eigenvalue weighted by Gasteiger charge is 2.35. The first kappa shape index (κ1) is 15.8. The van der Waals surface area contributed by atoms with Crippen LogP contribution in [0.15, 0.2) is 0 Å². The van der Waals surface area contributed by atoms with E-state index < -0.39 is 11.4 Å². The van der Waals surface area contributed by atoms with E-state index >= 15 is 0 Å². The summed E-state index contributed by atoms with van der Waals surface area (Å²) in [6, 6.07) is -0.137. The van der Waals surface area contributed by atoms with Gasteiger partial charge in [-0.1, -0.05) is 13.8 Å². The topological polar surface area (TPSA) is 69.6 Å². The lowest BCUT2D eigenvalue weighted by atomic mass is 9.82. The Kier molecular flexibility index (Phi) is 5.63. The minimum absolute atomic E-state index is 0.137. The van der Waals surface area contributed by atoms with Crippen molar-refractivity contribution in [3.05, 3.63) is 0 Å². The molecule has 1 aliphatic rings. The van der Waals surface area contributed by atoms with Crippen molar-refractivity contribution in [3.8, 4) is 0 Å². The minimum atomic E-state index is -0.839. The number of carboxylic acid groups (broad SMARTS) is 1. The lowest BCUT2D eigenvalue weighted by Gasteiger charge is -2.29. The monoisotopic (exact) mass is 270 g/mol. The smallest absolute Gasteiger partial charge is 0.317 e. The van der Waals surface area contributed by atoms with Gasteiger partial charge in [-0.25, -0.2) is 4.79 Å². The van der Waals surface area contributed by atoms with E-state index in [-0.39, 0.29) is 12.6 Å². The molecule has 19 heavy (non-hydrogen) atoms. The van der Waals surface area contributed by atoms with Crippen molar-refractivity contribution in [2.24, 2.45) is 11.3 Å². The molecule has 110 valence electrons. The summed E-state index contributed by atoms with van der Waals surface area (Å²) in [4.78, 5) is 25.2. The zero-order valence-corrected chi connectivity index (χ0v) is 12.2. The fourth-order valence-corrected chi connectivity index (χ4v) is 2.20. The maximum Gasteiger partial charge on any atom is 0.317 e. The highest BCUT2D eigenvalue weighted by atomic mass is 16.4. The summed E-state index contributed by atoms with van der Waals surface area (Å²) in [7, 11) is 0. The molecule has 1 fully saturated rings. The predicted octanol–water partition coefficient (Wildman–Crippen LogP) is 2.32. The van der Waals surface area contributed by atoms with E-state index in [4.69, 9.17) is 0 Å². The average Bonchev–Trinajstić information content (AvgIpc) is 3.21. The van der Waals surface area contributed by atoms with Crippen LogP contribution in [0.3, 0.4) is 0 Å². The molecule has 2 N–H and O–H groups in total. The van der Waals surface area contributed by atoms with Crippen LogP contribution in [-0.4, -0.2) is 41.6 Å². The maximum absolute atomic E-state index is 12.1. The lowest BCUT2D eigenvalue weighted by molar-refractivity contribution is -0.149. The second-order valence-corrected chi connectivity index (χ2v) is 5.43. The van der Waals surface area contributed by atoms with Crippen LogP contribution < -0.4 is 5.32 Å². The lowest BCUT2D eigenvalue weighted by Crippen LogP contribution is -2.47. The summed E-state index contributed by atoms with van der Waals surface area (Å²) in [5, 5.41) is 12.1. The molecule has 0 aliphatic heterocycles. The van der Waals surface area contributed by atoms with Crippen LogP contribution >= 0.6 is 0 Å². The number of rotatable bonds is 8. The summed E-state index contributed by atoms with van der Waals surface area (Å²) >= 11 is 0. The molecule has 0 aromatic heterocycles. The fourth-order valence-electron chi connectivity index (χ4n) is 2.20. The van der Waals surface area contributed by atoms with Gasteiger partial charge in [0.2, 0.25) is 0 Å². The molecule has 0 aromatic rings. The highest BCUT2D eigenvalue weighted by molar-refractivity contribution is 5.78. The van der Waals surface area contributed by atoms with Crippen LogP contribution in [0, 0.1) is 11.3 Å². The zero-order chi connectivity index (χ0) is 14.5. The van der Waals surface area contributed by atoms with Crippen molar-refractivity contribution in [2.45, 2.75) is 46.5 Å². The Bertz CT molecular complexity index is 323. The van der Waals surface area contributed by atoms with Crippen LogP contribution in [0.5, 0.6) is 0 Å². The van der Waals surface area contributed by atoms with Gasteiger partial charge in [-0.05, 0) is 38.5 Å². The fraction of sp³-hybridized carbons (Fsp3) is 0.857. The number of nitrogens with zero attached hydrogens (tertiary/aromatic N) is 1. The van der Waals surface area contributed by atoms with E-state index in [1.165, 1.54) is 12.8 Å². The van der Waals surface area contributed by atoms with E-state index in [0.717, 1.165) is 6.54 Å². The zero-order valence-electron chi connectivity index (χ0n) is 12.2. The van der Waals surface area contributed by atoms with Crippen LogP contribution in [0.1, 0.15) is 46.5 Å². The second-order valence-electron chi connectivity index (χ2n) is 5.43. The van der Waals surface area contributed by atoms with E-state index in [0.29, 0.717) is 25.3 Å². The Morgan fingerprint density at radius 3 is 2.21 bits per heavy atom. The van der Waals surface area contributed by atoms with Crippen molar-refractivity contribution in [2.75, 3.05) is 19.6 Å². The van der Waals surface area contributed by atoms with Crippen molar-refractivity contribution in [1.29, 1.82) is 0 Å². The standard InChI is InChI=1S/C14H26N2O3/c1-4-14(5-2,12(17)18)10-15-13(19)16(6-3)9-11-7-8-11/h11H,4-10H2,1-3H3,(H,15,19)(H,17,18). The van der Waals surface area contributed by atoms with E-state index in [1.807, 2.05) is 20.8 Å². The molecule has 0 spiro atoms. The van der Waals surface area contributed by atoms with Gasteiger partial charge in [0.15, 0.2) is 0 Å². The Morgan fingerprint density at radius 1 is 1.26 bits per heavy atom. The van der Waals surface area contributed by atoms with E-state index in [1.54, 1.807) is 4.90 Å². The number of hydrogen-bond donors (Lipinski definition) is 2. The second kappa shape index (κ2) is 6.78. The molecular weight excluding hydrogens is 244 g/mol. The largest absolute Gasteiger partial charge is 0.481 e. The predicted molar refractivity (Wildman–Crippen MR) is 74.0 cm³/mol. The van der Waals surface area contributed by atoms with Gasteiger partial charge >= 0.3 is 12.0 Å². The van der Waals surface area contributed by atoms with Gasteiger partial charge in [-0.2, -0.15) is 0 Å². The summed E-state index contributed by atoms with van der Waals surface area (Å²) in [5.74, 6) is -0.185. The van der Waals surface area contributed by atoms with Crippen LogP contribution in [-0.2, 0) is 4.79 Å². The molecule has 0 unspecified atom stereocenters. The molecule has 5 heteroatoms. The van der Waals surface area contributed by atoms with Gasteiger partial charge in [0, 0.05) is 19.6 Å². The molecule has 0 radical (unpaired) electrons. The molecule has 5 nitrogen and oxygen atoms in total. The Hall–Kier alpha value is -1.26. The Labute approximate surface area is 115 Å². The van der Waals surface area contributed by atoms with Gasteiger partial charge < -0.3 is 15.3 Å². The summed E-state index contributed by atoms with van der Waals surface area (Å²) in [6.07, 6.45) is 3.45. The molecular formula is C14H26N2O3. The number of urea groups is 1.